The van der Waals surface area contributed by atoms with Crippen molar-refractivity contribution in [3.63, 3.8) is 0 Å². The maximum absolute atomic E-state index is 5.67. The van der Waals surface area contributed by atoms with E-state index < -0.39 is 0 Å². The largest absolute Gasteiger partial charge is 0.378 e. The molecular weight excluding hydrogens is 248 g/mol. The number of nitrogens with zero attached hydrogens (tertiary/aromatic N) is 1. The summed E-state index contributed by atoms with van der Waals surface area (Å²) in [6, 6.07) is 4.87. The third kappa shape index (κ3) is 2.75. The Labute approximate surface area is 122 Å². The lowest BCUT2D eigenvalue weighted by molar-refractivity contribution is -0.0295. The van der Waals surface area contributed by atoms with Gasteiger partial charge < -0.3 is 10.1 Å². The van der Waals surface area contributed by atoms with Crippen LogP contribution in [0.2, 0.25) is 0 Å². The van der Waals surface area contributed by atoms with E-state index in [0.717, 1.165) is 12.5 Å². The molecule has 2 atom stereocenters. The average Bonchev–Trinajstić information content (AvgIpc) is 2.85. The highest BCUT2D eigenvalue weighted by Crippen LogP contribution is 2.40. The normalized spacial score (nSPS) is 29.8. The molecule has 3 heteroatoms. The summed E-state index contributed by atoms with van der Waals surface area (Å²) in [5.41, 5.74) is 2.80. The van der Waals surface area contributed by atoms with Gasteiger partial charge in [-0.05, 0) is 63.6 Å². The molecular formula is C17H26N2O. The van der Waals surface area contributed by atoms with E-state index in [2.05, 4.69) is 36.4 Å². The van der Waals surface area contributed by atoms with Gasteiger partial charge in [-0.2, -0.15) is 0 Å². The maximum atomic E-state index is 5.67. The monoisotopic (exact) mass is 274 g/mol. The van der Waals surface area contributed by atoms with Gasteiger partial charge in [0.05, 0.1) is 6.10 Å². The van der Waals surface area contributed by atoms with Crippen LogP contribution >= 0.6 is 0 Å². The molecule has 1 aromatic rings. The van der Waals surface area contributed by atoms with Gasteiger partial charge in [0.1, 0.15) is 0 Å². The lowest BCUT2D eigenvalue weighted by Crippen LogP contribution is -2.39. The molecule has 1 saturated carbocycles. The van der Waals surface area contributed by atoms with Gasteiger partial charge in [0.15, 0.2) is 0 Å². The number of rotatable bonds is 6. The Morgan fingerprint density at radius 2 is 2.30 bits per heavy atom. The molecule has 1 heterocycles. The van der Waals surface area contributed by atoms with Crippen molar-refractivity contribution in [2.75, 3.05) is 13.7 Å². The molecule has 0 bridgehead atoms. The standard InChI is InChI=1S/C17H26N2O/c1-3-20-14-9-12(10-14)11-16(18-2)15-7-6-13-5-4-8-19-17(13)15/h4-5,8,12,14-16,18H,3,6-7,9-11H2,1-2H3. The SMILES string of the molecule is CCOC1CC(CC(NC)C2CCc3cccnc32)C1. The van der Waals surface area contributed by atoms with Crippen LogP contribution in [0.1, 0.15) is 49.8 Å². The summed E-state index contributed by atoms with van der Waals surface area (Å²) in [6.45, 7) is 2.94. The molecule has 2 aliphatic carbocycles. The Kier molecular flexibility index (Phi) is 4.37. The fourth-order valence-corrected chi connectivity index (χ4v) is 3.92. The van der Waals surface area contributed by atoms with Crippen LogP contribution in [-0.4, -0.2) is 30.8 Å². The van der Waals surface area contributed by atoms with Crippen LogP contribution in [-0.2, 0) is 11.2 Å². The Hall–Kier alpha value is -0.930. The van der Waals surface area contributed by atoms with E-state index in [0.29, 0.717) is 18.1 Å². The molecule has 3 rings (SSSR count). The predicted octanol–water partition coefficient (Wildman–Crippen LogP) is 2.90. The number of nitrogens with one attached hydrogen (secondary N) is 1. The van der Waals surface area contributed by atoms with Crippen LogP contribution < -0.4 is 5.32 Å². The van der Waals surface area contributed by atoms with E-state index in [9.17, 15) is 0 Å². The second-order valence-corrected chi connectivity index (χ2v) is 6.24. The van der Waals surface area contributed by atoms with Crippen molar-refractivity contribution in [1.82, 2.24) is 10.3 Å². The number of ether oxygens (including phenoxy) is 1. The summed E-state index contributed by atoms with van der Waals surface area (Å²) < 4.78 is 5.67. The van der Waals surface area contributed by atoms with Crippen LogP contribution in [0.15, 0.2) is 18.3 Å². The summed E-state index contributed by atoms with van der Waals surface area (Å²) in [5.74, 6) is 1.43. The van der Waals surface area contributed by atoms with Gasteiger partial charge in [0.25, 0.3) is 0 Å². The lowest BCUT2D eigenvalue weighted by atomic mass is 9.75. The fraction of sp³-hybridized carbons (Fsp3) is 0.706. The van der Waals surface area contributed by atoms with Crippen LogP contribution in [0.3, 0.4) is 0 Å². The number of fused-ring (bicyclic) bond motifs is 1. The van der Waals surface area contributed by atoms with Crippen molar-refractivity contribution in [2.24, 2.45) is 5.92 Å². The van der Waals surface area contributed by atoms with E-state index in [-0.39, 0.29) is 0 Å². The van der Waals surface area contributed by atoms with Crippen LogP contribution in [0, 0.1) is 5.92 Å². The molecule has 0 aromatic carbocycles. The van der Waals surface area contributed by atoms with Gasteiger partial charge in [-0.15, -0.1) is 0 Å². The second-order valence-electron chi connectivity index (χ2n) is 6.24. The first-order chi connectivity index (χ1) is 9.81. The fourth-order valence-electron chi connectivity index (χ4n) is 3.92. The molecule has 20 heavy (non-hydrogen) atoms. The van der Waals surface area contributed by atoms with E-state index in [4.69, 9.17) is 4.74 Å². The van der Waals surface area contributed by atoms with Crippen molar-refractivity contribution in [1.29, 1.82) is 0 Å². The molecule has 3 nitrogen and oxygen atoms in total. The smallest absolute Gasteiger partial charge is 0.0580 e. The quantitative estimate of drug-likeness (QED) is 0.866. The minimum Gasteiger partial charge on any atom is -0.378 e. The topological polar surface area (TPSA) is 34.1 Å². The Morgan fingerprint density at radius 3 is 3.05 bits per heavy atom. The molecule has 0 radical (unpaired) electrons. The Morgan fingerprint density at radius 1 is 1.45 bits per heavy atom. The van der Waals surface area contributed by atoms with E-state index in [1.807, 2.05) is 6.20 Å². The van der Waals surface area contributed by atoms with Crippen LogP contribution in [0.4, 0.5) is 0 Å². The van der Waals surface area contributed by atoms with Gasteiger partial charge in [0.2, 0.25) is 0 Å². The molecule has 2 aliphatic rings. The molecule has 1 N–H and O–H groups in total. The predicted molar refractivity (Wildman–Crippen MR) is 80.9 cm³/mol. The molecule has 0 aliphatic heterocycles. The molecule has 0 amide bonds. The van der Waals surface area contributed by atoms with Gasteiger partial charge in [-0.25, -0.2) is 0 Å². The number of hydrogen-bond donors (Lipinski definition) is 1. The zero-order valence-electron chi connectivity index (χ0n) is 12.6. The Balaban J connectivity index is 1.58. The minimum atomic E-state index is 0.525. The summed E-state index contributed by atoms with van der Waals surface area (Å²) in [4.78, 5) is 4.64. The average molecular weight is 274 g/mol. The van der Waals surface area contributed by atoms with Crippen molar-refractivity contribution < 1.29 is 4.74 Å². The molecule has 1 fully saturated rings. The zero-order chi connectivity index (χ0) is 13.9. The summed E-state index contributed by atoms with van der Waals surface area (Å²) in [6.07, 6.45) is 8.66. The van der Waals surface area contributed by atoms with Crippen molar-refractivity contribution in [3.8, 4) is 0 Å². The number of aryl methyl sites for hydroxylation is 1. The van der Waals surface area contributed by atoms with Gasteiger partial charge in [-0.3, -0.25) is 4.98 Å². The summed E-state index contributed by atoms with van der Waals surface area (Å²) in [5, 5.41) is 3.55. The molecule has 0 saturated heterocycles. The molecule has 1 aromatic heterocycles. The summed E-state index contributed by atoms with van der Waals surface area (Å²) >= 11 is 0. The first-order valence-corrected chi connectivity index (χ1v) is 8.04. The number of hydrogen-bond acceptors (Lipinski definition) is 3. The van der Waals surface area contributed by atoms with Gasteiger partial charge in [-0.1, -0.05) is 6.07 Å². The number of aromatic nitrogens is 1. The first kappa shape index (κ1) is 14.0. The second kappa shape index (κ2) is 6.23. The first-order valence-electron chi connectivity index (χ1n) is 8.04. The van der Waals surface area contributed by atoms with Crippen molar-refractivity contribution in [2.45, 2.75) is 57.1 Å². The minimum absolute atomic E-state index is 0.525. The van der Waals surface area contributed by atoms with Crippen LogP contribution in [0.25, 0.3) is 0 Å². The molecule has 110 valence electrons. The van der Waals surface area contributed by atoms with Crippen molar-refractivity contribution in [3.05, 3.63) is 29.6 Å². The Bertz CT molecular complexity index is 442. The third-order valence-corrected chi connectivity index (χ3v) is 5.04. The van der Waals surface area contributed by atoms with E-state index in [1.54, 1.807) is 0 Å². The third-order valence-electron chi connectivity index (χ3n) is 5.04. The van der Waals surface area contributed by atoms with E-state index >= 15 is 0 Å². The van der Waals surface area contributed by atoms with Gasteiger partial charge in [0, 0.05) is 30.5 Å². The highest BCUT2D eigenvalue weighted by Gasteiger charge is 2.36. The van der Waals surface area contributed by atoms with Crippen LogP contribution in [0.5, 0.6) is 0 Å². The number of likely N-dealkylation sites (N-methyl/N-ethyl adjacent to an activating group) is 1. The highest BCUT2D eigenvalue weighted by atomic mass is 16.5. The molecule has 0 spiro atoms. The van der Waals surface area contributed by atoms with Crippen molar-refractivity contribution >= 4 is 0 Å². The summed E-state index contributed by atoms with van der Waals surface area (Å²) in [7, 11) is 2.10. The lowest BCUT2D eigenvalue weighted by Gasteiger charge is -2.38. The number of pyridine rings is 1. The van der Waals surface area contributed by atoms with Gasteiger partial charge >= 0.3 is 0 Å². The maximum Gasteiger partial charge on any atom is 0.0580 e. The highest BCUT2D eigenvalue weighted by molar-refractivity contribution is 5.30. The molecule has 2 unspecified atom stereocenters. The zero-order valence-corrected chi connectivity index (χ0v) is 12.6. The van der Waals surface area contributed by atoms with E-state index in [1.165, 1.54) is 43.4 Å².